The van der Waals surface area contributed by atoms with Gasteiger partial charge in [0, 0.05) is 17.4 Å². The molecule has 242 valence electrons. The van der Waals surface area contributed by atoms with Gasteiger partial charge in [-0.25, -0.2) is 0 Å². The van der Waals surface area contributed by atoms with Crippen LogP contribution in [0.4, 0.5) is 17.1 Å². The maximum Gasteiger partial charge on any atom is 0.183 e. The highest BCUT2D eigenvalue weighted by molar-refractivity contribution is 7.25. The quantitative estimate of drug-likeness (QED) is 0.173. The van der Waals surface area contributed by atoms with Gasteiger partial charge < -0.3 is 4.90 Å². The van der Waals surface area contributed by atoms with Crippen molar-refractivity contribution in [1.82, 2.24) is 4.98 Å². The third-order valence-electron chi connectivity index (χ3n) is 11.3. The average molecular weight is 677 g/mol. The predicted octanol–water partition coefficient (Wildman–Crippen LogP) is 9.71. The molecule has 0 saturated heterocycles. The summed E-state index contributed by atoms with van der Waals surface area (Å²) in [6.07, 6.45) is 6.38. The number of fused-ring (bicyclic) bond motifs is 12. The van der Waals surface area contributed by atoms with Gasteiger partial charge in [0.25, 0.3) is 0 Å². The van der Waals surface area contributed by atoms with Crippen molar-refractivity contribution in [3.8, 4) is 44.6 Å². The van der Waals surface area contributed by atoms with Crippen LogP contribution in [0.5, 0.6) is 0 Å². The van der Waals surface area contributed by atoms with E-state index >= 15 is 0 Å². The highest BCUT2D eigenvalue weighted by atomic mass is 28.3. The summed E-state index contributed by atoms with van der Waals surface area (Å²) in [5.74, 6) is 0. The zero-order valence-corrected chi connectivity index (χ0v) is 29.4. The van der Waals surface area contributed by atoms with Crippen LogP contribution < -0.4 is 25.6 Å². The minimum absolute atomic E-state index is 1.03. The molecule has 0 aliphatic carbocycles. The van der Waals surface area contributed by atoms with Gasteiger partial charge in [-0.3, -0.25) is 4.98 Å². The number of pyridine rings is 1. The summed E-state index contributed by atoms with van der Waals surface area (Å²) >= 11 is 0. The zero-order valence-electron chi connectivity index (χ0n) is 28.4. The summed E-state index contributed by atoms with van der Waals surface area (Å²) in [6.45, 7) is 0. The van der Waals surface area contributed by atoms with Crippen molar-refractivity contribution in [3.05, 3.63) is 193 Å². The standard InChI is InChI=1S/C49H32N2Si/c1-5-22-44-34(13-1)26-27-35-14-2-6-23-45(35)51(44)36-30-28-33(29-31-36)37-17-11-18-40-38-15-3-7-24-46(38)52(48(37)40)47-25-8-4-16-39(47)41-19-12-20-42(49(41)52)43-21-9-10-32-50-43/h1-32H. The third-order valence-corrected chi connectivity index (χ3v) is 16.4. The number of hydrogen-bond acceptors (Lipinski definition) is 2. The molecule has 1 aromatic heterocycles. The Morgan fingerprint density at radius 1 is 0.385 bits per heavy atom. The molecule has 0 radical (unpaired) electrons. The molecule has 1 unspecified atom stereocenters. The van der Waals surface area contributed by atoms with E-state index < -0.39 is 8.07 Å². The zero-order chi connectivity index (χ0) is 34.2. The van der Waals surface area contributed by atoms with Gasteiger partial charge in [0.2, 0.25) is 0 Å². The van der Waals surface area contributed by atoms with E-state index in [4.69, 9.17) is 4.98 Å². The van der Waals surface area contributed by atoms with Crippen LogP contribution in [0.3, 0.4) is 0 Å². The van der Waals surface area contributed by atoms with Crippen molar-refractivity contribution in [2.75, 3.05) is 4.90 Å². The summed E-state index contributed by atoms with van der Waals surface area (Å²) in [7, 11) is -2.81. The van der Waals surface area contributed by atoms with E-state index in [9.17, 15) is 0 Å². The first kappa shape index (κ1) is 29.2. The van der Waals surface area contributed by atoms with Crippen molar-refractivity contribution in [1.29, 1.82) is 0 Å². The minimum atomic E-state index is -2.81. The van der Waals surface area contributed by atoms with Crippen LogP contribution in [-0.2, 0) is 0 Å². The lowest BCUT2D eigenvalue weighted by Crippen LogP contribution is -2.71. The Labute approximate surface area is 304 Å². The lowest BCUT2D eigenvalue weighted by molar-refractivity contribution is 1.28. The Hall–Kier alpha value is -6.55. The van der Waals surface area contributed by atoms with Crippen molar-refractivity contribution in [3.63, 3.8) is 0 Å². The molecule has 0 N–H and O–H groups in total. The minimum Gasteiger partial charge on any atom is -0.309 e. The van der Waals surface area contributed by atoms with Crippen LogP contribution in [0.15, 0.2) is 182 Å². The van der Waals surface area contributed by atoms with Crippen LogP contribution in [0.2, 0.25) is 0 Å². The van der Waals surface area contributed by atoms with Crippen LogP contribution in [0.1, 0.15) is 11.1 Å². The Morgan fingerprint density at radius 3 is 1.50 bits per heavy atom. The first-order chi connectivity index (χ1) is 25.8. The number of hydrogen-bond donors (Lipinski definition) is 0. The van der Waals surface area contributed by atoms with Gasteiger partial charge in [-0.05, 0) is 102 Å². The predicted molar refractivity (Wildman–Crippen MR) is 220 cm³/mol. The fraction of sp³-hybridized carbons (Fsp3) is 0. The number of benzene rings is 7. The Balaban J connectivity index is 1.16. The van der Waals surface area contributed by atoms with E-state index in [0.717, 1.165) is 11.4 Å². The second kappa shape index (κ2) is 11.2. The second-order valence-corrected chi connectivity index (χ2v) is 17.4. The number of anilines is 3. The highest BCUT2D eigenvalue weighted by Crippen LogP contribution is 2.44. The van der Waals surface area contributed by atoms with E-state index in [0.29, 0.717) is 0 Å². The summed E-state index contributed by atoms with van der Waals surface area (Å²) in [5, 5.41) is 5.87. The van der Waals surface area contributed by atoms with Gasteiger partial charge in [0.1, 0.15) is 0 Å². The number of aromatic nitrogens is 1. The molecule has 7 aromatic carbocycles. The van der Waals surface area contributed by atoms with Crippen LogP contribution in [0, 0.1) is 0 Å². The molecule has 4 heterocycles. The summed E-state index contributed by atoms with van der Waals surface area (Å²) in [4.78, 5) is 7.34. The summed E-state index contributed by atoms with van der Waals surface area (Å²) in [5.41, 5.74) is 16.1. The van der Waals surface area contributed by atoms with E-state index in [2.05, 4.69) is 187 Å². The molecule has 1 spiro atoms. The molecule has 0 saturated carbocycles. The fourth-order valence-corrected chi connectivity index (χ4v) is 15.3. The SMILES string of the molecule is C1=Cc2ccccc2N(c2ccc(-c3cccc4c3[Si]3(c5ccccc5-4)c4ccccc4-c4cccc(-c5ccccn5)c43)cc2)c2ccccc21. The molecule has 0 bridgehead atoms. The van der Waals surface area contributed by atoms with Crippen LogP contribution >= 0.6 is 0 Å². The molecule has 3 heteroatoms. The molecule has 0 amide bonds. The number of nitrogens with zero attached hydrogens (tertiary/aromatic N) is 2. The molecule has 2 nitrogen and oxygen atoms in total. The van der Waals surface area contributed by atoms with Crippen molar-refractivity contribution in [2.45, 2.75) is 0 Å². The Kier molecular flexibility index (Phi) is 6.31. The van der Waals surface area contributed by atoms with Crippen molar-refractivity contribution >= 4 is 58.0 Å². The molecular weight excluding hydrogens is 645 g/mol. The van der Waals surface area contributed by atoms with Gasteiger partial charge in [0.05, 0.1) is 17.1 Å². The molecular formula is C49H32N2Si. The molecule has 3 aliphatic heterocycles. The topological polar surface area (TPSA) is 16.1 Å². The van der Waals surface area contributed by atoms with Crippen LogP contribution in [0.25, 0.3) is 56.8 Å². The average Bonchev–Trinajstić information content (AvgIpc) is 3.62. The van der Waals surface area contributed by atoms with Gasteiger partial charge >= 0.3 is 0 Å². The van der Waals surface area contributed by atoms with E-state index in [-0.39, 0.29) is 0 Å². The van der Waals surface area contributed by atoms with Crippen LogP contribution in [-0.4, -0.2) is 13.1 Å². The second-order valence-electron chi connectivity index (χ2n) is 13.8. The lowest BCUT2D eigenvalue weighted by atomic mass is 9.98. The largest absolute Gasteiger partial charge is 0.309 e. The van der Waals surface area contributed by atoms with Gasteiger partial charge in [-0.1, -0.05) is 152 Å². The molecule has 3 aliphatic rings. The van der Waals surface area contributed by atoms with E-state index in [1.54, 1.807) is 0 Å². The Bertz CT molecular complexity index is 2690. The number of rotatable bonds is 3. The third kappa shape index (κ3) is 3.97. The Morgan fingerprint density at radius 2 is 0.885 bits per heavy atom. The van der Waals surface area contributed by atoms with E-state index in [1.165, 1.54) is 82.2 Å². The summed E-state index contributed by atoms with van der Waals surface area (Å²) < 4.78 is 0. The first-order valence-corrected chi connectivity index (χ1v) is 20.0. The monoisotopic (exact) mass is 676 g/mol. The molecule has 0 fully saturated rings. The maximum absolute atomic E-state index is 4.94. The van der Waals surface area contributed by atoms with Crippen molar-refractivity contribution < 1.29 is 0 Å². The number of para-hydroxylation sites is 2. The smallest absolute Gasteiger partial charge is 0.183 e. The first-order valence-electron chi connectivity index (χ1n) is 18.0. The molecule has 1 atom stereocenters. The molecule has 11 rings (SSSR count). The van der Waals surface area contributed by atoms with Gasteiger partial charge in [-0.2, -0.15) is 0 Å². The summed E-state index contributed by atoms with van der Waals surface area (Å²) in [6, 6.07) is 65.1. The van der Waals surface area contributed by atoms with Gasteiger partial charge in [0.15, 0.2) is 8.07 Å². The van der Waals surface area contributed by atoms with E-state index in [1.807, 2.05) is 12.3 Å². The normalized spacial score (nSPS) is 15.7. The molecule has 8 aromatic rings. The lowest BCUT2D eigenvalue weighted by Gasteiger charge is -2.31. The fourth-order valence-electron chi connectivity index (χ4n) is 9.28. The molecule has 52 heavy (non-hydrogen) atoms. The van der Waals surface area contributed by atoms with Crippen molar-refractivity contribution in [2.24, 2.45) is 0 Å². The maximum atomic E-state index is 4.94. The highest BCUT2D eigenvalue weighted by Gasteiger charge is 2.56. The van der Waals surface area contributed by atoms with Gasteiger partial charge in [-0.15, -0.1) is 0 Å².